The van der Waals surface area contributed by atoms with Gasteiger partial charge in [0.2, 0.25) is 6.54 Å². The van der Waals surface area contributed by atoms with Gasteiger partial charge in [0.05, 0.1) is 0 Å². The molecule has 17 heavy (non-hydrogen) atoms. The van der Waals surface area contributed by atoms with E-state index in [-0.39, 0.29) is 6.54 Å². The lowest BCUT2D eigenvalue weighted by molar-refractivity contribution is 0.0211. The fourth-order valence-electron chi connectivity index (χ4n) is 1.76. The second kappa shape index (κ2) is 5.37. The Hall–Kier alpha value is -1.28. The third-order valence-corrected chi connectivity index (χ3v) is 2.60. The largest absolute Gasteiger partial charge is 0.444 e. The minimum Gasteiger partial charge on any atom is -0.444 e. The summed E-state index contributed by atoms with van der Waals surface area (Å²) in [6.07, 6.45) is 0.867. The van der Waals surface area contributed by atoms with Crippen LogP contribution in [0.4, 0.5) is 4.79 Å². The normalized spacial score (nSPS) is 19.2. The van der Waals surface area contributed by atoms with E-state index >= 15 is 0 Å². The van der Waals surface area contributed by atoms with Crippen molar-refractivity contribution in [3.63, 3.8) is 0 Å². The number of carbonyl (C=O) groups is 1. The van der Waals surface area contributed by atoms with Gasteiger partial charge in [-0.25, -0.2) is 11.4 Å². The first-order chi connectivity index (χ1) is 7.87. The first-order valence-electron chi connectivity index (χ1n) is 5.79. The van der Waals surface area contributed by atoms with Gasteiger partial charge in [-0.2, -0.15) is 0 Å². The predicted molar refractivity (Wildman–Crippen MR) is 63.6 cm³/mol. The topological polar surface area (TPSA) is 51.9 Å². The van der Waals surface area contributed by atoms with Crippen LogP contribution >= 0.6 is 0 Å². The number of ether oxygens (including phenoxy) is 2. The van der Waals surface area contributed by atoms with E-state index in [4.69, 9.17) is 16.0 Å². The van der Waals surface area contributed by atoms with Crippen molar-refractivity contribution < 1.29 is 14.3 Å². The molecule has 1 aliphatic heterocycles. The summed E-state index contributed by atoms with van der Waals surface area (Å²) in [6.45, 7) is 13.9. The molecular weight excluding hydrogens is 220 g/mol. The predicted octanol–water partition coefficient (Wildman–Crippen LogP) is 1.98. The Morgan fingerprint density at radius 3 is 2.53 bits per heavy atom. The lowest BCUT2D eigenvalue weighted by atomic mass is 9.90. The molecule has 1 N–H and O–H groups in total. The molecule has 0 aromatic carbocycles. The maximum absolute atomic E-state index is 11.7. The van der Waals surface area contributed by atoms with Crippen molar-refractivity contribution in [1.82, 2.24) is 5.32 Å². The zero-order valence-corrected chi connectivity index (χ0v) is 10.7. The molecule has 1 heterocycles. The SMILES string of the molecule is [C-]#[N+]CC1(NC(=O)OC(C)(C)C)CCOCC1. The second-order valence-electron chi connectivity index (χ2n) is 5.34. The van der Waals surface area contributed by atoms with Crippen LogP contribution in [0.15, 0.2) is 0 Å². The number of alkyl carbamates (subject to hydrolysis) is 1. The third-order valence-electron chi connectivity index (χ3n) is 2.60. The smallest absolute Gasteiger partial charge is 0.408 e. The highest BCUT2D eigenvalue weighted by Gasteiger charge is 2.38. The Morgan fingerprint density at radius 2 is 2.06 bits per heavy atom. The highest BCUT2D eigenvalue weighted by atomic mass is 16.6. The maximum Gasteiger partial charge on any atom is 0.408 e. The zero-order chi connectivity index (χ0) is 12.9. The van der Waals surface area contributed by atoms with Crippen molar-refractivity contribution in [3.05, 3.63) is 11.4 Å². The molecule has 1 saturated heterocycles. The van der Waals surface area contributed by atoms with Crippen molar-refractivity contribution >= 4 is 6.09 Å². The Balaban J connectivity index is 2.61. The van der Waals surface area contributed by atoms with Crippen molar-refractivity contribution in [3.8, 4) is 0 Å². The molecule has 0 bridgehead atoms. The summed E-state index contributed by atoms with van der Waals surface area (Å²) in [4.78, 5) is 15.1. The summed E-state index contributed by atoms with van der Waals surface area (Å²) < 4.78 is 10.5. The average Bonchev–Trinajstić information content (AvgIpc) is 2.15. The molecule has 96 valence electrons. The minimum absolute atomic E-state index is 0.273. The quantitative estimate of drug-likeness (QED) is 0.751. The number of rotatable bonds is 2. The number of amides is 1. The van der Waals surface area contributed by atoms with Crippen molar-refractivity contribution in [2.45, 2.75) is 44.8 Å². The number of hydrogen-bond donors (Lipinski definition) is 1. The Kier molecular flexibility index (Phi) is 4.35. The van der Waals surface area contributed by atoms with Gasteiger partial charge in [-0.15, -0.1) is 0 Å². The van der Waals surface area contributed by atoms with Crippen LogP contribution in [0.25, 0.3) is 4.85 Å². The molecular formula is C12H20N2O3. The van der Waals surface area contributed by atoms with E-state index in [2.05, 4.69) is 10.2 Å². The molecule has 1 amide bonds. The van der Waals surface area contributed by atoms with E-state index in [9.17, 15) is 4.79 Å². The molecule has 0 atom stereocenters. The molecule has 5 heteroatoms. The zero-order valence-electron chi connectivity index (χ0n) is 10.7. The fraction of sp³-hybridized carbons (Fsp3) is 0.833. The van der Waals surface area contributed by atoms with Gasteiger partial charge in [-0.1, -0.05) is 0 Å². The van der Waals surface area contributed by atoms with Crippen molar-refractivity contribution in [2.24, 2.45) is 0 Å². The molecule has 0 radical (unpaired) electrons. The highest BCUT2D eigenvalue weighted by molar-refractivity contribution is 5.69. The number of hydrogen-bond acceptors (Lipinski definition) is 3. The van der Waals surface area contributed by atoms with E-state index in [0.717, 1.165) is 0 Å². The second-order valence-corrected chi connectivity index (χ2v) is 5.34. The van der Waals surface area contributed by atoms with E-state index in [0.29, 0.717) is 26.1 Å². The van der Waals surface area contributed by atoms with Crippen LogP contribution in [-0.2, 0) is 9.47 Å². The molecule has 1 fully saturated rings. The summed E-state index contributed by atoms with van der Waals surface area (Å²) in [5.74, 6) is 0. The first-order valence-corrected chi connectivity index (χ1v) is 5.79. The summed E-state index contributed by atoms with van der Waals surface area (Å²) in [7, 11) is 0. The molecule has 1 aliphatic rings. The van der Waals surface area contributed by atoms with Crippen LogP contribution in [0.2, 0.25) is 0 Å². The van der Waals surface area contributed by atoms with Gasteiger partial charge in [-0.05, 0) is 20.8 Å². The van der Waals surface area contributed by atoms with Crippen molar-refractivity contribution in [1.29, 1.82) is 0 Å². The average molecular weight is 240 g/mol. The van der Waals surface area contributed by atoms with E-state index in [1.54, 1.807) is 0 Å². The summed E-state index contributed by atoms with van der Waals surface area (Å²) >= 11 is 0. The molecule has 0 spiro atoms. The first kappa shape index (κ1) is 13.8. The van der Waals surface area contributed by atoms with Gasteiger partial charge >= 0.3 is 6.09 Å². The summed E-state index contributed by atoms with van der Waals surface area (Å²) in [5.41, 5.74) is -1.00. The van der Waals surface area contributed by atoms with Gasteiger partial charge in [0.1, 0.15) is 11.1 Å². The van der Waals surface area contributed by atoms with Gasteiger partial charge in [0.25, 0.3) is 0 Å². The van der Waals surface area contributed by atoms with E-state index in [1.165, 1.54) is 0 Å². The molecule has 0 aromatic rings. The number of nitrogens with one attached hydrogen (secondary N) is 1. The summed E-state index contributed by atoms with van der Waals surface area (Å²) in [6, 6.07) is 0. The Bertz CT molecular complexity index is 309. The monoisotopic (exact) mass is 240 g/mol. The minimum atomic E-state index is -0.519. The van der Waals surface area contributed by atoms with Gasteiger partial charge in [0.15, 0.2) is 0 Å². The van der Waals surface area contributed by atoms with Crippen LogP contribution in [0.3, 0.4) is 0 Å². The van der Waals surface area contributed by atoms with Crippen molar-refractivity contribution in [2.75, 3.05) is 19.8 Å². The Labute approximate surface area is 102 Å². The fourth-order valence-corrected chi connectivity index (χ4v) is 1.76. The van der Waals surface area contributed by atoms with E-state index < -0.39 is 17.2 Å². The standard InChI is InChI=1S/C12H20N2O3/c1-11(2,3)17-10(15)14-12(9-13-4)5-7-16-8-6-12/h5-9H2,1-3H3,(H,14,15). The van der Waals surface area contributed by atoms with Crippen LogP contribution in [0.5, 0.6) is 0 Å². The third kappa shape index (κ3) is 4.61. The molecule has 1 rings (SSSR count). The van der Waals surface area contributed by atoms with Crippen LogP contribution in [0.1, 0.15) is 33.6 Å². The molecule has 0 aliphatic carbocycles. The van der Waals surface area contributed by atoms with Gasteiger partial charge < -0.3 is 19.6 Å². The van der Waals surface area contributed by atoms with Crippen LogP contribution in [0, 0.1) is 6.57 Å². The van der Waals surface area contributed by atoms with Gasteiger partial charge in [-0.3, -0.25) is 0 Å². The van der Waals surface area contributed by atoms with Crippen LogP contribution in [-0.4, -0.2) is 37.0 Å². The van der Waals surface area contributed by atoms with E-state index in [1.807, 2.05) is 20.8 Å². The number of nitrogens with zero attached hydrogens (tertiary/aromatic N) is 1. The van der Waals surface area contributed by atoms with Crippen LogP contribution < -0.4 is 5.32 Å². The number of carbonyl (C=O) groups excluding carboxylic acids is 1. The highest BCUT2D eigenvalue weighted by Crippen LogP contribution is 2.22. The lowest BCUT2D eigenvalue weighted by Gasteiger charge is -2.34. The van der Waals surface area contributed by atoms with Gasteiger partial charge in [0, 0.05) is 26.1 Å². The molecule has 5 nitrogen and oxygen atoms in total. The maximum atomic E-state index is 11.7. The lowest BCUT2D eigenvalue weighted by Crippen LogP contribution is -2.54. The molecule has 0 unspecified atom stereocenters. The molecule has 0 aromatic heterocycles. The Morgan fingerprint density at radius 1 is 1.47 bits per heavy atom. The molecule has 0 saturated carbocycles. The summed E-state index contributed by atoms with van der Waals surface area (Å²) in [5, 5.41) is 2.83.